The van der Waals surface area contributed by atoms with Gasteiger partial charge in [0.1, 0.15) is 17.6 Å². The number of halogens is 1. The quantitative estimate of drug-likeness (QED) is 0.627. The van der Waals surface area contributed by atoms with E-state index < -0.39 is 0 Å². The normalized spacial score (nSPS) is 16.3. The molecule has 0 N–H and O–H groups in total. The van der Waals surface area contributed by atoms with Crippen molar-refractivity contribution in [1.29, 1.82) is 0 Å². The molecule has 144 valence electrons. The van der Waals surface area contributed by atoms with Crippen LogP contribution in [-0.4, -0.2) is 33.9 Å². The van der Waals surface area contributed by atoms with Gasteiger partial charge in [-0.05, 0) is 36.6 Å². The van der Waals surface area contributed by atoms with E-state index in [9.17, 15) is 4.79 Å². The number of likely N-dealkylation sites (tertiary alicyclic amines) is 1. The lowest BCUT2D eigenvalue weighted by Crippen LogP contribution is -2.34. The SMILES string of the molecule is O=C(COc1cccnc1)N1CCC[C@@H]1c1ncc(Cc2ccccc2Cl)o1. The maximum Gasteiger partial charge on any atom is 0.261 e. The molecular weight excluding hydrogens is 378 g/mol. The van der Waals surface area contributed by atoms with Gasteiger partial charge in [-0.15, -0.1) is 0 Å². The second-order valence-electron chi connectivity index (χ2n) is 6.66. The predicted molar refractivity (Wildman–Crippen MR) is 104 cm³/mol. The summed E-state index contributed by atoms with van der Waals surface area (Å²) in [5.41, 5.74) is 0.982. The minimum atomic E-state index is -0.162. The van der Waals surface area contributed by atoms with E-state index in [1.807, 2.05) is 24.3 Å². The zero-order chi connectivity index (χ0) is 19.3. The maximum atomic E-state index is 12.6. The molecule has 4 rings (SSSR count). The first-order valence-corrected chi connectivity index (χ1v) is 9.59. The number of pyridine rings is 1. The molecule has 0 unspecified atom stereocenters. The van der Waals surface area contributed by atoms with E-state index in [1.165, 1.54) is 0 Å². The van der Waals surface area contributed by atoms with Crippen LogP contribution >= 0.6 is 11.6 Å². The Bertz CT molecular complexity index is 945. The van der Waals surface area contributed by atoms with E-state index in [0.29, 0.717) is 29.6 Å². The molecule has 2 aromatic heterocycles. The smallest absolute Gasteiger partial charge is 0.261 e. The molecule has 6 nitrogen and oxygen atoms in total. The number of benzene rings is 1. The maximum absolute atomic E-state index is 12.6. The number of hydrogen-bond donors (Lipinski definition) is 0. The van der Waals surface area contributed by atoms with Gasteiger partial charge in [0.05, 0.1) is 12.4 Å². The highest BCUT2D eigenvalue weighted by molar-refractivity contribution is 6.31. The molecule has 0 spiro atoms. The van der Waals surface area contributed by atoms with Gasteiger partial charge in [0, 0.05) is 24.2 Å². The van der Waals surface area contributed by atoms with Crippen molar-refractivity contribution in [1.82, 2.24) is 14.9 Å². The minimum Gasteiger partial charge on any atom is -0.482 e. The first kappa shape index (κ1) is 18.5. The molecule has 3 heterocycles. The van der Waals surface area contributed by atoms with E-state index in [-0.39, 0.29) is 18.6 Å². The van der Waals surface area contributed by atoms with Gasteiger partial charge in [-0.3, -0.25) is 9.78 Å². The lowest BCUT2D eigenvalue weighted by atomic mass is 10.1. The molecule has 1 atom stereocenters. The Morgan fingerprint density at radius 1 is 1.25 bits per heavy atom. The molecule has 1 aromatic carbocycles. The zero-order valence-corrected chi connectivity index (χ0v) is 16.0. The van der Waals surface area contributed by atoms with Gasteiger partial charge in [0.15, 0.2) is 6.61 Å². The van der Waals surface area contributed by atoms with E-state index >= 15 is 0 Å². The highest BCUT2D eigenvalue weighted by atomic mass is 35.5. The van der Waals surface area contributed by atoms with Gasteiger partial charge < -0.3 is 14.1 Å². The number of ether oxygens (including phenoxy) is 1. The molecular formula is C21H20ClN3O3. The fourth-order valence-corrected chi connectivity index (χ4v) is 3.57. The number of oxazole rings is 1. The van der Waals surface area contributed by atoms with E-state index in [0.717, 1.165) is 24.2 Å². The van der Waals surface area contributed by atoms with E-state index in [1.54, 1.807) is 35.6 Å². The Balaban J connectivity index is 1.41. The summed E-state index contributed by atoms with van der Waals surface area (Å²) in [7, 11) is 0. The van der Waals surface area contributed by atoms with Gasteiger partial charge in [0.2, 0.25) is 5.89 Å². The fraction of sp³-hybridized carbons (Fsp3) is 0.286. The third-order valence-corrected chi connectivity index (χ3v) is 5.12. The van der Waals surface area contributed by atoms with Crippen molar-refractivity contribution in [3.05, 3.63) is 77.2 Å². The van der Waals surface area contributed by atoms with Crippen molar-refractivity contribution in [2.24, 2.45) is 0 Å². The summed E-state index contributed by atoms with van der Waals surface area (Å²) in [6, 6.07) is 11.0. The molecule has 3 aromatic rings. The molecule has 28 heavy (non-hydrogen) atoms. The van der Waals surface area contributed by atoms with Crippen LogP contribution in [0, 0.1) is 0 Å². The van der Waals surface area contributed by atoms with Crippen LogP contribution in [0.1, 0.15) is 36.1 Å². The Morgan fingerprint density at radius 3 is 2.96 bits per heavy atom. The van der Waals surface area contributed by atoms with Crippen molar-refractivity contribution in [3.8, 4) is 5.75 Å². The second kappa shape index (κ2) is 8.44. The molecule has 1 fully saturated rings. The van der Waals surface area contributed by atoms with Gasteiger partial charge in [-0.2, -0.15) is 0 Å². The summed E-state index contributed by atoms with van der Waals surface area (Å²) in [6.07, 6.45) is 7.26. The van der Waals surface area contributed by atoms with Crippen LogP contribution in [0.2, 0.25) is 5.02 Å². The van der Waals surface area contributed by atoms with Crippen molar-refractivity contribution < 1.29 is 13.9 Å². The lowest BCUT2D eigenvalue weighted by Gasteiger charge is -2.22. The summed E-state index contributed by atoms with van der Waals surface area (Å²) in [6.45, 7) is 0.636. The number of carbonyl (C=O) groups excluding carboxylic acids is 1. The van der Waals surface area contributed by atoms with Crippen molar-refractivity contribution in [3.63, 3.8) is 0 Å². The molecule has 0 radical (unpaired) electrons. The van der Waals surface area contributed by atoms with Crippen molar-refractivity contribution in [2.45, 2.75) is 25.3 Å². The zero-order valence-electron chi connectivity index (χ0n) is 15.3. The third-order valence-electron chi connectivity index (χ3n) is 4.75. The average Bonchev–Trinajstić information content (AvgIpc) is 3.38. The first-order valence-electron chi connectivity index (χ1n) is 9.21. The molecule has 1 aliphatic rings. The van der Waals surface area contributed by atoms with Crippen LogP contribution in [-0.2, 0) is 11.2 Å². The van der Waals surface area contributed by atoms with Crippen LogP contribution in [0.4, 0.5) is 0 Å². The molecule has 1 amide bonds. The Hall–Kier alpha value is -2.86. The molecule has 7 heteroatoms. The fourth-order valence-electron chi connectivity index (χ4n) is 3.37. The summed E-state index contributed by atoms with van der Waals surface area (Å²) < 4.78 is 11.5. The molecule has 0 saturated carbocycles. The Labute approximate surface area is 168 Å². The summed E-state index contributed by atoms with van der Waals surface area (Å²) in [4.78, 5) is 22.8. The molecule has 1 aliphatic heterocycles. The van der Waals surface area contributed by atoms with Crippen LogP contribution in [0.15, 0.2) is 59.4 Å². The number of hydrogen-bond acceptors (Lipinski definition) is 5. The van der Waals surface area contributed by atoms with Gasteiger partial charge in [-0.25, -0.2) is 4.98 Å². The average molecular weight is 398 g/mol. The first-order chi connectivity index (χ1) is 13.7. The van der Waals surface area contributed by atoms with E-state index in [4.69, 9.17) is 20.8 Å². The van der Waals surface area contributed by atoms with Gasteiger partial charge in [-0.1, -0.05) is 29.8 Å². The standard InChI is InChI=1S/C21H20ClN3O3/c22-18-7-2-1-5-15(18)11-17-13-24-21(28-17)19-8-4-10-25(19)20(26)14-27-16-6-3-9-23-12-16/h1-3,5-7,9,12-13,19H,4,8,10-11,14H2/t19-/m1/s1. The van der Waals surface area contributed by atoms with Crippen LogP contribution in [0.5, 0.6) is 5.75 Å². The van der Waals surface area contributed by atoms with Crippen LogP contribution < -0.4 is 4.74 Å². The summed E-state index contributed by atoms with van der Waals surface area (Å²) in [5.74, 6) is 1.78. The monoisotopic (exact) mass is 397 g/mol. The Morgan fingerprint density at radius 2 is 2.14 bits per heavy atom. The predicted octanol–water partition coefficient (Wildman–Crippen LogP) is 4.06. The number of nitrogens with zero attached hydrogens (tertiary/aromatic N) is 3. The molecule has 0 aliphatic carbocycles. The summed E-state index contributed by atoms with van der Waals surface area (Å²) >= 11 is 6.22. The third kappa shape index (κ3) is 4.17. The largest absolute Gasteiger partial charge is 0.482 e. The molecule has 0 bridgehead atoms. The number of aromatic nitrogens is 2. The number of carbonyl (C=O) groups is 1. The highest BCUT2D eigenvalue weighted by Crippen LogP contribution is 2.32. The lowest BCUT2D eigenvalue weighted by molar-refractivity contribution is -0.134. The number of amides is 1. The molecule has 1 saturated heterocycles. The van der Waals surface area contributed by atoms with E-state index in [2.05, 4.69) is 9.97 Å². The van der Waals surface area contributed by atoms with Crippen LogP contribution in [0.25, 0.3) is 0 Å². The number of rotatable bonds is 6. The van der Waals surface area contributed by atoms with Crippen molar-refractivity contribution >= 4 is 17.5 Å². The topological polar surface area (TPSA) is 68.5 Å². The Kier molecular flexibility index (Phi) is 5.58. The summed E-state index contributed by atoms with van der Waals surface area (Å²) in [5, 5.41) is 0.700. The van der Waals surface area contributed by atoms with Crippen molar-refractivity contribution in [2.75, 3.05) is 13.2 Å². The van der Waals surface area contributed by atoms with Crippen LogP contribution in [0.3, 0.4) is 0 Å². The highest BCUT2D eigenvalue weighted by Gasteiger charge is 2.33. The second-order valence-corrected chi connectivity index (χ2v) is 7.06. The minimum absolute atomic E-state index is 0.0324. The van der Waals surface area contributed by atoms with Gasteiger partial charge >= 0.3 is 0 Å². The van der Waals surface area contributed by atoms with Gasteiger partial charge in [0.25, 0.3) is 5.91 Å².